The molecular formula is C18H24ClF2N3O3. The van der Waals surface area contributed by atoms with Crippen molar-refractivity contribution in [1.29, 1.82) is 0 Å². The van der Waals surface area contributed by atoms with E-state index in [0.717, 1.165) is 12.1 Å². The number of halogens is 3. The fraction of sp³-hybridized carbons (Fsp3) is 0.556. The second kappa shape index (κ2) is 7.98. The molecule has 3 N–H and O–H groups in total. The van der Waals surface area contributed by atoms with Crippen molar-refractivity contribution in [1.82, 2.24) is 10.2 Å². The van der Waals surface area contributed by atoms with Crippen molar-refractivity contribution in [2.75, 3.05) is 13.1 Å². The Hall–Kier alpha value is -1.93. The fourth-order valence-electron chi connectivity index (χ4n) is 2.76. The van der Waals surface area contributed by atoms with E-state index in [1.54, 1.807) is 20.8 Å². The zero-order valence-electron chi connectivity index (χ0n) is 15.5. The molecule has 0 aliphatic carbocycles. The summed E-state index contributed by atoms with van der Waals surface area (Å²) in [7, 11) is 0. The third-order valence-corrected chi connectivity index (χ3v) is 4.36. The van der Waals surface area contributed by atoms with Crippen LogP contribution < -0.4 is 11.1 Å². The van der Waals surface area contributed by atoms with E-state index in [2.05, 4.69) is 5.32 Å². The zero-order chi connectivity index (χ0) is 20.4. The van der Waals surface area contributed by atoms with Gasteiger partial charge in [0, 0.05) is 23.7 Å². The molecule has 1 saturated heterocycles. The highest BCUT2D eigenvalue weighted by Crippen LogP contribution is 2.32. The lowest BCUT2D eigenvalue weighted by molar-refractivity contribution is -0.142. The topological polar surface area (TPSA) is 84.7 Å². The lowest BCUT2D eigenvalue weighted by atomic mass is 10.0. The minimum atomic E-state index is -3.54. The highest BCUT2D eigenvalue weighted by atomic mass is 35.5. The number of likely N-dealkylation sites (tertiary alicyclic amines) is 1. The maximum atomic E-state index is 14.6. The van der Waals surface area contributed by atoms with E-state index in [9.17, 15) is 18.4 Å². The minimum Gasteiger partial charge on any atom is -0.444 e. The second-order valence-corrected chi connectivity index (χ2v) is 7.96. The van der Waals surface area contributed by atoms with Crippen LogP contribution in [0.1, 0.15) is 32.8 Å². The summed E-state index contributed by atoms with van der Waals surface area (Å²) >= 11 is 5.71. The quantitative estimate of drug-likeness (QED) is 0.809. The molecule has 9 heteroatoms. The smallest absolute Gasteiger partial charge is 0.407 e. The molecule has 2 rings (SSSR count). The molecule has 0 bridgehead atoms. The summed E-state index contributed by atoms with van der Waals surface area (Å²) in [6.07, 6.45) is -0.179. The van der Waals surface area contributed by atoms with Crippen molar-refractivity contribution in [2.24, 2.45) is 5.73 Å². The molecule has 1 fully saturated rings. The number of amides is 2. The van der Waals surface area contributed by atoms with Crippen LogP contribution in [0.15, 0.2) is 24.3 Å². The van der Waals surface area contributed by atoms with Gasteiger partial charge in [0.1, 0.15) is 5.60 Å². The number of hydrogen-bond donors (Lipinski definition) is 2. The van der Waals surface area contributed by atoms with Gasteiger partial charge in [-0.2, -0.15) is 8.78 Å². The molecule has 2 atom stereocenters. The molecule has 1 aliphatic rings. The van der Waals surface area contributed by atoms with E-state index in [-0.39, 0.29) is 24.7 Å². The number of nitrogens with two attached hydrogens (primary N) is 1. The van der Waals surface area contributed by atoms with E-state index in [0.29, 0.717) is 11.4 Å². The van der Waals surface area contributed by atoms with Crippen LogP contribution in [-0.2, 0) is 15.5 Å². The number of benzene rings is 1. The van der Waals surface area contributed by atoms with Crippen LogP contribution in [0.4, 0.5) is 13.6 Å². The molecule has 2 amide bonds. The average molecular weight is 404 g/mol. The van der Waals surface area contributed by atoms with Crippen LogP contribution in [0.2, 0.25) is 5.02 Å². The summed E-state index contributed by atoms with van der Waals surface area (Å²) in [5.74, 6) is -4.42. The highest BCUT2D eigenvalue weighted by Gasteiger charge is 2.46. The molecule has 1 unspecified atom stereocenters. The number of alkyl halides is 2. The molecule has 1 aromatic rings. The van der Waals surface area contributed by atoms with Gasteiger partial charge >= 0.3 is 6.09 Å². The first kappa shape index (κ1) is 21.4. The van der Waals surface area contributed by atoms with Crippen molar-refractivity contribution in [3.8, 4) is 0 Å². The molecular weight excluding hydrogens is 380 g/mol. The molecule has 1 aliphatic heterocycles. The van der Waals surface area contributed by atoms with Crippen molar-refractivity contribution in [3.63, 3.8) is 0 Å². The van der Waals surface area contributed by atoms with Gasteiger partial charge in [0.25, 0.3) is 5.92 Å². The van der Waals surface area contributed by atoms with Gasteiger partial charge in [-0.05, 0) is 39.3 Å². The van der Waals surface area contributed by atoms with Crippen molar-refractivity contribution < 1.29 is 23.1 Å². The monoisotopic (exact) mass is 403 g/mol. The van der Waals surface area contributed by atoms with Gasteiger partial charge in [0.15, 0.2) is 6.04 Å². The number of carbonyl (C=O) groups is 2. The van der Waals surface area contributed by atoms with E-state index < -0.39 is 29.6 Å². The number of carbonyl (C=O) groups excluding carboxylic acids is 2. The highest BCUT2D eigenvalue weighted by molar-refractivity contribution is 6.30. The Kier molecular flexibility index (Phi) is 6.32. The number of rotatable bonds is 4. The lowest BCUT2D eigenvalue weighted by Gasteiger charge is -2.27. The number of nitrogens with zero attached hydrogens (tertiary/aromatic N) is 1. The van der Waals surface area contributed by atoms with E-state index >= 15 is 0 Å². The van der Waals surface area contributed by atoms with E-state index in [1.165, 1.54) is 17.0 Å². The standard InChI is InChI=1S/C18H24ClF2N3O3/c1-17(2,3)27-16(26)23-13-8-9-24(10-13)15(25)14(22)18(20,21)11-4-6-12(19)7-5-11/h4-7,13-14H,8-10,22H2,1-3H3,(H,23,26)/t13-,14?/m0/s1. The Labute approximate surface area is 162 Å². The lowest BCUT2D eigenvalue weighted by Crippen LogP contribution is -2.52. The molecule has 150 valence electrons. The van der Waals surface area contributed by atoms with Gasteiger partial charge in [0.2, 0.25) is 5.91 Å². The van der Waals surface area contributed by atoms with Gasteiger partial charge < -0.3 is 20.7 Å². The Balaban J connectivity index is 1.97. The van der Waals surface area contributed by atoms with Crippen LogP contribution in [0.25, 0.3) is 0 Å². The summed E-state index contributed by atoms with van der Waals surface area (Å²) in [4.78, 5) is 25.5. The molecule has 1 aromatic carbocycles. The number of hydrogen-bond acceptors (Lipinski definition) is 4. The first-order valence-electron chi connectivity index (χ1n) is 8.58. The largest absolute Gasteiger partial charge is 0.444 e. The van der Waals surface area contributed by atoms with Gasteiger partial charge in [-0.1, -0.05) is 23.7 Å². The molecule has 0 saturated carbocycles. The van der Waals surface area contributed by atoms with E-state index in [4.69, 9.17) is 22.1 Å². The first-order chi connectivity index (χ1) is 12.4. The molecule has 1 heterocycles. The number of ether oxygens (including phenoxy) is 1. The predicted molar refractivity (Wildman–Crippen MR) is 97.7 cm³/mol. The third-order valence-electron chi connectivity index (χ3n) is 4.11. The van der Waals surface area contributed by atoms with Crippen LogP contribution in [0.5, 0.6) is 0 Å². The van der Waals surface area contributed by atoms with Crippen LogP contribution >= 0.6 is 11.6 Å². The van der Waals surface area contributed by atoms with Crippen molar-refractivity contribution in [3.05, 3.63) is 34.9 Å². The summed E-state index contributed by atoms with van der Waals surface area (Å²) in [6.45, 7) is 5.52. The second-order valence-electron chi connectivity index (χ2n) is 7.52. The third kappa shape index (κ3) is 5.52. The van der Waals surface area contributed by atoms with Crippen molar-refractivity contribution in [2.45, 2.75) is 50.8 Å². The van der Waals surface area contributed by atoms with Crippen LogP contribution in [0.3, 0.4) is 0 Å². The fourth-order valence-corrected chi connectivity index (χ4v) is 2.88. The summed E-state index contributed by atoms with van der Waals surface area (Å²) < 4.78 is 34.3. The van der Waals surface area contributed by atoms with Crippen LogP contribution in [-0.4, -0.2) is 47.7 Å². The molecule has 0 aromatic heterocycles. The molecule has 27 heavy (non-hydrogen) atoms. The predicted octanol–water partition coefficient (Wildman–Crippen LogP) is 2.88. The normalized spacial score (nSPS) is 18.9. The minimum absolute atomic E-state index is 0.0997. The Morgan fingerprint density at radius 2 is 1.89 bits per heavy atom. The molecule has 6 nitrogen and oxygen atoms in total. The summed E-state index contributed by atoms with van der Waals surface area (Å²) in [5.41, 5.74) is 4.56. The van der Waals surface area contributed by atoms with Gasteiger partial charge in [-0.15, -0.1) is 0 Å². The zero-order valence-corrected chi connectivity index (χ0v) is 16.2. The van der Waals surface area contributed by atoms with Gasteiger partial charge in [-0.25, -0.2) is 4.79 Å². The Morgan fingerprint density at radius 1 is 1.30 bits per heavy atom. The molecule has 0 spiro atoms. The van der Waals surface area contributed by atoms with Crippen molar-refractivity contribution >= 4 is 23.6 Å². The first-order valence-corrected chi connectivity index (χ1v) is 8.95. The van der Waals surface area contributed by atoms with Gasteiger partial charge in [0.05, 0.1) is 6.04 Å². The van der Waals surface area contributed by atoms with E-state index in [1.807, 2.05) is 0 Å². The van der Waals surface area contributed by atoms with Gasteiger partial charge in [-0.3, -0.25) is 4.79 Å². The summed E-state index contributed by atoms with van der Waals surface area (Å²) in [6, 6.07) is 2.52. The maximum absolute atomic E-state index is 14.6. The SMILES string of the molecule is CC(C)(C)OC(=O)N[C@H]1CCN(C(=O)C(N)C(F)(F)c2ccc(Cl)cc2)C1. The Bertz CT molecular complexity index is 692. The number of alkyl carbamates (subject to hydrolysis) is 1. The maximum Gasteiger partial charge on any atom is 0.407 e. The van der Waals surface area contributed by atoms with Crippen LogP contribution in [0, 0.1) is 0 Å². The summed E-state index contributed by atoms with van der Waals surface area (Å²) in [5, 5.41) is 2.95. The Morgan fingerprint density at radius 3 is 2.44 bits per heavy atom. The average Bonchev–Trinajstić information content (AvgIpc) is 3.00. The molecule has 0 radical (unpaired) electrons. The number of nitrogens with one attached hydrogen (secondary N) is 1.